The minimum absolute atomic E-state index is 0.0716. The van der Waals surface area contributed by atoms with E-state index in [-0.39, 0.29) is 11.9 Å². The van der Waals surface area contributed by atoms with Gasteiger partial charge in [-0.2, -0.15) is 0 Å². The van der Waals surface area contributed by atoms with Crippen molar-refractivity contribution >= 4 is 11.6 Å². The van der Waals surface area contributed by atoms with E-state index in [4.69, 9.17) is 0 Å². The molecule has 2 aromatic carbocycles. The summed E-state index contributed by atoms with van der Waals surface area (Å²) in [5.41, 5.74) is 5.00. The molecule has 1 aliphatic carbocycles. The number of benzene rings is 2. The van der Waals surface area contributed by atoms with Crippen LogP contribution in [0.3, 0.4) is 0 Å². The maximum atomic E-state index is 12.5. The van der Waals surface area contributed by atoms with Crippen LogP contribution in [-0.4, -0.2) is 11.9 Å². The smallest absolute Gasteiger partial charge is 0.282 e. The van der Waals surface area contributed by atoms with E-state index in [2.05, 4.69) is 54.0 Å². The Bertz CT molecular complexity index is 693. The Hall–Kier alpha value is -2.13. The molecule has 0 saturated heterocycles. The molecule has 1 aliphatic rings. The van der Waals surface area contributed by atoms with E-state index < -0.39 is 0 Å². The largest absolute Gasteiger partial charge is 0.330 e. The lowest BCUT2D eigenvalue weighted by molar-refractivity contribution is -0.714. The summed E-state index contributed by atoms with van der Waals surface area (Å²) < 4.78 is 0. The third-order valence-electron chi connectivity index (χ3n) is 4.98. The van der Waals surface area contributed by atoms with Gasteiger partial charge in [0.2, 0.25) is 0 Å². The van der Waals surface area contributed by atoms with Gasteiger partial charge in [-0.1, -0.05) is 43.3 Å². The van der Waals surface area contributed by atoms with Gasteiger partial charge in [0.1, 0.15) is 6.04 Å². The van der Waals surface area contributed by atoms with E-state index in [0.717, 1.165) is 24.9 Å². The summed E-state index contributed by atoms with van der Waals surface area (Å²) in [5.74, 6) is 0.0716. The van der Waals surface area contributed by atoms with Crippen molar-refractivity contribution in [3.8, 4) is 0 Å². The van der Waals surface area contributed by atoms with Crippen LogP contribution in [0.5, 0.6) is 0 Å². The van der Waals surface area contributed by atoms with Crippen LogP contribution in [-0.2, 0) is 17.6 Å². The van der Waals surface area contributed by atoms with Crippen LogP contribution in [0.2, 0.25) is 0 Å². The second-order valence-electron chi connectivity index (χ2n) is 6.72. The van der Waals surface area contributed by atoms with Gasteiger partial charge in [-0.25, -0.2) is 0 Å². The zero-order valence-corrected chi connectivity index (χ0v) is 14.6. The molecule has 126 valence electrons. The van der Waals surface area contributed by atoms with Gasteiger partial charge in [-0.05, 0) is 49.4 Å². The fourth-order valence-electron chi connectivity index (χ4n) is 3.51. The molecule has 0 radical (unpaired) electrons. The van der Waals surface area contributed by atoms with E-state index >= 15 is 0 Å². The number of nitrogens with two attached hydrogens (primary N) is 1. The Labute approximate surface area is 144 Å². The molecular weight excluding hydrogens is 296 g/mol. The Morgan fingerprint density at radius 1 is 1.21 bits per heavy atom. The highest BCUT2D eigenvalue weighted by molar-refractivity contribution is 5.93. The molecule has 0 fully saturated rings. The van der Waals surface area contributed by atoms with Gasteiger partial charge in [-0.3, -0.25) is 4.79 Å². The number of amides is 1. The zero-order chi connectivity index (χ0) is 16.9. The molecule has 0 aromatic heterocycles. The van der Waals surface area contributed by atoms with E-state index in [1.165, 1.54) is 23.1 Å². The Morgan fingerprint density at radius 2 is 1.96 bits per heavy atom. The van der Waals surface area contributed by atoms with E-state index in [9.17, 15) is 4.79 Å². The number of hydrogen-bond acceptors (Lipinski definition) is 1. The number of anilines is 1. The van der Waals surface area contributed by atoms with Crippen molar-refractivity contribution in [1.29, 1.82) is 0 Å². The summed E-state index contributed by atoms with van der Waals surface area (Å²) in [6.45, 7) is 4.12. The SMILES string of the molecule is CCc1ccc(NC(=O)[C@@H](C)[NH2+][C@H]2CCCc3ccccc32)cc1. The molecule has 2 atom stereocenters. The van der Waals surface area contributed by atoms with Gasteiger partial charge < -0.3 is 10.6 Å². The summed E-state index contributed by atoms with van der Waals surface area (Å²) in [5, 5.41) is 5.25. The topological polar surface area (TPSA) is 45.7 Å². The molecular formula is C21H27N2O+. The minimum atomic E-state index is -0.105. The van der Waals surface area contributed by atoms with Gasteiger partial charge >= 0.3 is 0 Å². The number of fused-ring (bicyclic) bond motifs is 1. The average Bonchev–Trinajstić information content (AvgIpc) is 2.62. The highest BCUT2D eigenvalue weighted by Gasteiger charge is 2.27. The van der Waals surface area contributed by atoms with Crippen molar-refractivity contribution < 1.29 is 10.1 Å². The van der Waals surface area contributed by atoms with Gasteiger partial charge in [0.25, 0.3) is 5.91 Å². The number of nitrogens with one attached hydrogen (secondary N) is 1. The van der Waals surface area contributed by atoms with E-state index in [1.807, 2.05) is 19.1 Å². The molecule has 1 amide bonds. The Morgan fingerprint density at radius 3 is 2.71 bits per heavy atom. The quantitative estimate of drug-likeness (QED) is 0.872. The van der Waals surface area contributed by atoms with Crippen molar-refractivity contribution in [3.05, 3.63) is 65.2 Å². The molecule has 0 spiro atoms. The molecule has 0 aliphatic heterocycles. The van der Waals surface area contributed by atoms with Gasteiger partial charge in [0.15, 0.2) is 6.04 Å². The summed E-state index contributed by atoms with van der Waals surface area (Å²) in [6.07, 6.45) is 4.51. The molecule has 3 heteroatoms. The second kappa shape index (κ2) is 7.63. The second-order valence-corrected chi connectivity index (χ2v) is 6.72. The third kappa shape index (κ3) is 3.85. The van der Waals surface area contributed by atoms with E-state index in [1.54, 1.807) is 0 Å². The minimum Gasteiger partial charge on any atom is -0.330 e. The zero-order valence-electron chi connectivity index (χ0n) is 14.6. The number of carbonyl (C=O) groups excluding carboxylic acids is 1. The first-order chi connectivity index (χ1) is 11.7. The van der Waals surface area contributed by atoms with Gasteiger partial charge in [-0.15, -0.1) is 0 Å². The lowest BCUT2D eigenvalue weighted by Crippen LogP contribution is -2.92. The van der Waals surface area contributed by atoms with Crippen LogP contribution in [0.1, 0.15) is 49.4 Å². The fourth-order valence-corrected chi connectivity index (χ4v) is 3.51. The monoisotopic (exact) mass is 323 g/mol. The third-order valence-corrected chi connectivity index (χ3v) is 4.98. The summed E-state index contributed by atoms with van der Waals surface area (Å²) >= 11 is 0. The van der Waals surface area contributed by atoms with Crippen molar-refractivity contribution in [2.24, 2.45) is 0 Å². The first-order valence-corrected chi connectivity index (χ1v) is 9.00. The molecule has 0 heterocycles. The van der Waals surface area contributed by atoms with Gasteiger partial charge in [0, 0.05) is 17.7 Å². The number of aryl methyl sites for hydroxylation is 2. The first-order valence-electron chi connectivity index (χ1n) is 9.00. The summed E-state index contributed by atoms with van der Waals surface area (Å²) in [4.78, 5) is 12.5. The normalized spacial score (nSPS) is 17.8. The maximum absolute atomic E-state index is 12.5. The standard InChI is InChI=1S/C21H26N2O/c1-3-16-11-13-18(14-12-16)23-21(24)15(2)22-20-10-6-8-17-7-4-5-9-19(17)20/h4-5,7,9,11-15,20,22H,3,6,8,10H2,1-2H3,(H,23,24)/p+1/t15-,20+/m1/s1. The molecule has 3 N–H and O–H groups in total. The molecule has 2 aromatic rings. The summed E-state index contributed by atoms with van der Waals surface area (Å²) in [6, 6.07) is 17.0. The summed E-state index contributed by atoms with van der Waals surface area (Å²) in [7, 11) is 0. The van der Waals surface area contributed by atoms with Crippen LogP contribution in [0.25, 0.3) is 0 Å². The lowest BCUT2D eigenvalue weighted by atomic mass is 9.87. The van der Waals surface area contributed by atoms with Crippen molar-refractivity contribution in [2.75, 3.05) is 5.32 Å². The molecule has 0 bridgehead atoms. The van der Waals surface area contributed by atoms with Crippen molar-refractivity contribution in [3.63, 3.8) is 0 Å². The average molecular weight is 323 g/mol. The highest BCUT2D eigenvalue weighted by Crippen LogP contribution is 2.26. The molecule has 0 unspecified atom stereocenters. The van der Waals surface area contributed by atoms with Crippen LogP contribution in [0.15, 0.2) is 48.5 Å². The van der Waals surface area contributed by atoms with Crippen LogP contribution >= 0.6 is 0 Å². The number of rotatable bonds is 5. The van der Waals surface area contributed by atoms with Crippen LogP contribution in [0, 0.1) is 0 Å². The predicted octanol–water partition coefficient (Wildman–Crippen LogP) is 3.22. The van der Waals surface area contributed by atoms with Crippen molar-refractivity contribution in [2.45, 2.75) is 51.6 Å². The fraction of sp³-hybridized carbons (Fsp3) is 0.381. The first kappa shape index (κ1) is 16.7. The van der Waals surface area contributed by atoms with E-state index in [0.29, 0.717) is 6.04 Å². The number of carbonyl (C=O) groups is 1. The van der Waals surface area contributed by atoms with Crippen LogP contribution in [0.4, 0.5) is 5.69 Å². The van der Waals surface area contributed by atoms with Crippen molar-refractivity contribution in [1.82, 2.24) is 0 Å². The Balaban J connectivity index is 1.62. The Kier molecular flexibility index (Phi) is 5.31. The number of hydrogen-bond donors (Lipinski definition) is 2. The maximum Gasteiger partial charge on any atom is 0.282 e. The van der Waals surface area contributed by atoms with Gasteiger partial charge in [0.05, 0.1) is 0 Å². The lowest BCUT2D eigenvalue weighted by Gasteiger charge is -2.26. The van der Waals surface area contributed by atoms with Crippen LogP contribution < -0.4 is 10.6 Å². The predicted molar refractivity (Wildman–Crippen MR) is 98.0 cm³/mol. The molecule has 0 saturated carbocycles. The molecule has 3 nitrogen and oxygen atoms in total. The molecule has 3 rings (SSSR count). The highest BCUT2D eigenvalue weighted by atomic mass is 16.2. The molecule has 24 heavy (non-hydrogen) atoms. The number of quaternary nitrogens is 1.